The highest BCUT2D eigenvalue weighted by Crippen LogP contribution is 2.17. The van der Waals surface area contributed by atoms with Gasteiger partial charge in [-0.05, 0) is 11.1 Å². The van der Waals surface area contributed by atoms with Crippen molar-refractivity contribution >= 4 is 17.5 Å². The topological polar surface area (TPSA) is 75.9 Å². The van der Waals surface area contributed by atoms with Gasteiger partial charge in [-0.2, -0.15) is 4.98 Å². The van der Waals surface area contributed by atoms with Crippen molar-refractivity contribution in [1.82, 2.24) is 9.97 Å². The molecule has 0 saturated heterocycles. The van der Waals surface area contributed by atoms with Crippen LogP contribution < -0.4 is 16.4 Å². The van der Waals surface area contributed by atoms with Crippen molar-refractivity contribution in [3.63, 3.8) is 0 Å². The second-order valence-electron chi connectivity index (χ2n) is 5.18. The largest absolute Gasteiger partial charge is 0.394 e. The van der Waals surface area contributed by atoms with Gasteiger partial charge in [-0.1, -0.05) is 60.7 Å². The summed E-state index contributed by atoms with van der Waals surface area (Å²) in [4.78, 5) is 8.67. The fraction of sp³-hybridized carbons (Fsp3) is 0.111. The molecule has 0 aliphatic rings. The fourth-order valence-corrected chi connectivity index (χ4v) is 2.18. The first kappa shape index (κ1) is 14.8. The third kappa shape index (κ3) is 4.20. The molecule has 4 N–H and O–H groups in total. The molecule has 0 radical (unpaired) electrons. The SMILES string of the molecule is Nc1cnc(NCc2ccccc2)nc1NCc1ccccc1. The van der Waals surface area contributed by atoms with Crippen LogP contribution in [0.5, 0.6) is 0 Å². The molecular weight excluding hydrogens is 286 g/mol. The molecule has 0 saturated carbocycles. The molecule has 0 aliphatic heterocycles. The molecule has 0 aliphatic carbocycles. The molecule has 3 aromatic rings. The van der Waals surface area contributed by atoms with Gasteiger partial charge in [-0.25, -0.2) is 4.98 Å². The Kier molecular flexibility index (Phi) is 4.69. The highest BCUT2D eigenvalue weighted by Gasteiger charge is 2.04. The molecule has 0 fully saturated rings. The minimum atomic E-state index is 0.534. The van der Waals surface area contributed by atoms with Crippen molar-refractivity contribution in [3.8, 4) is 0 Å². The summed E-state index contributed by atoms with van der Waals surface area (Å²) < 4.78 is 0. The third-order valence-corrected chi connectivity index (χ3v) is 3.41. The van der Waals surface area contributed by atoms with Crippen LogP contribution >= 0.6 is 0 Å². The summed E-state index contributed by atoms with van der Waals surface area (Å²) >= 11 is 0. The standard InChI is InChI=1S/C18H19N5/c19-16-13-22-18(21-12-15-9-5-2-6-10-15)23-17(16)20-11-14-7-3-1-4-8-14/h1-10,13H,11-12,19H2,(H2,20,21,22,23). The number of nitrogens with two attached hydrogens (primary N) is 1. The predicted octanol–water partition coefficient (Wildman–Crippen LogP) is 3.28. The molecule has 0 bridgehead atoms. The van der Waals surface area contributed by atoms with E-state index in [9.17, 15) is 0 Å². The molecule has 3 rings (SSSR count). The van der Waals surface area contributed by atoms with Crippen LogP contribution in [0.4, 0.5) is 17.5 Å². The Morgan fingerprint density at radius 1 is 0.783 bits per heavy atom. The summed E-state index contributed by atoms with van der Waals surface area (Å²) in [6.45, 7) is 1.34. The normalized spacial score (nSPS) is 10.3. The second-order valence-corrected chi connectivity index (χ2v) is 5.18. The minimum absolute atomic E-state index is 0.534. The van der Waals surface area contributed by atoms with Gasteiger partial charge in [-0.3, -0.25) is 0 Å². The Hall–Kier alpha value is -3.08. The lowest BCUT2D eigenvalue weighted by molar-refractivity contribution is 1.04. The van der Waals surface area contributed by atoms with E-state index in [-0.39, 0.29) is 0 Å². The molecule has 116 valence electrons. The van der Waals surface area contributed by atoms with Crippen LogP contribution in [0.1, 0.15) is 11.1 Å². The fourth-order valence-electron chi connectivity index (χ4n) is 2.18. The lowest BCUT2D eigenvalue weighted by Crippen LogP contribution is -2.09. The number of anilines is 3. The molecule has 1 heterocycles. The summed E-state index contributed by atoms with van der Waals surface area (Å²) in [5, 5.41) is 6.46. The molecule has 5 heteroatoms. The Balaban J connectivity index is 1.64. The van der Waals surface area contributed by atoms with Crippen LogP contribution in [0.25, 0.3) is 0 Å². The molecule has 0 unspecified atom stereocenters. The third-order valence-electron chi connectivity index (χ3n) is 3.41. The smallest absolute Gasteiger partial charge is 0.225 e. The Bertz CT molecular complexity index is 744. The molecule has 5 nitrogen and oxygen atoms in total. The zero-order chi connectivity index (χ0) is 15.9. The van der Waals surface area contributed by atoms with E-state index in [1.54, 1.807) is 6.20 Å². The van der Waals surface area contributed by atoms with Gasteiger partial charge in [0.2, 0.25) is 5.95 Å². The van der Waals surface area contributed by atoms with E-state index in [1.807, 2.05) is 36.4 Å². The van der Waals surface area contributed by atoms with Crippen molar-refractivity contribution in [2.24, 2.45) is 0 Å². The maximum Gasteiger partial charge on any atom is 0.225 e. The van der Waals surface area contributed by atoms with Crippen LogP contribution in [-0.2, 0) is 13.1 Å². The second kappa shape index (κ2) is 7.26. The van der Waals surface area contributed by atoms with E-state index in [1.165, 1.54) is 11.1 Å². The van der Waals surface area contributed by atoms with Crippen LogP contribution in [-0.4, -0.2) is 9.97 Å². The lowest BCUT2D eigenvalue weighted by Gasteiger charge is -2.11. The quantitative estimate of drug-likeness (QED) is 0.651. The number of nitrogens with zero attached hydrogens (tertiary/aromatic N) is 2. The van der Waals surface area contributed by atoms with Gasteiger partial charge >= 0.3 is 0 Å². The maximum absolute atomic E-state index is 5.95. The van der Waals surface area contributed by atoms with E-state index < -0.39 is 0 Å². The van der Waals surface area contributed by atoms with Crippen molar-refractivity contribution in [3.05, 3.63) is 78.0 Å². The number of rotatable bonds is 6. The molecule has 2 aromatic carbocycles. The molecule has 23 heavy (non-hydrogen) atoms. The first-order chi connectivity index (χ1) is 11.3. The lowest BCUT2D eigenvalue weighted by atomic mass is 10.2. The zero-order valence-electron chi connectivity index (χ0n) is 12.7. The first-order valence-corrected chi connectivity index (χ1v) is 7.49. The Labute approximate surface area is 135 Å². The van der Waals surface area contributed by atoms with Crippen LogP contribution in [0.2, 0.25) is 0 Å². The number of nitrogens with one attached hydrogen (secondary N) is 2. The molecule has 0 spiro atoms. The van der Waals surface area contributed by atoms with Gasteiger partial charge in [0, 0.05) is 13.1 Å². The first-order valence-electron chi connectivity index (χ1n) is 7.49. The molecule has 0 amide bonds. The highest BCUT2D eigenvalue weighted by atomic mass is 15.1. The van der Waals surface area contributed by atoms with Crippen LogP contribution in [0, 0.1) is 0 Å². The van der Waals surface area contributed by atoms with Crippen molar-refractivity contribution in [1.29, 1.82) is 0 Å². The van der Waals surface area contributed by atoms with Gasteiger partial charge in [0.15, 0.2) is 5.82 Å². The van der Waals surface area contributed by atoms with E-state index in [2.05, 4.69) is 44.9 Å². The van der Waals surface area contributed by atoms with Gasteiger partial charge in [0.25, 0.3) is 0 Å². The van der Waals surface area contributed by atoms with Crippen molar-refractivity contribution in [2.45, 2.75) is 13.1 Å². The van der Waals surface area contributed by atoms with Crippen LogP contribution in [0.3, 0.4) is 0 Å². The van der Waals surface area contributed by atoms with E-state index in [0.29, 0.717) is 30.5 Å². The number of nitrogen functional groups attached to an aromatic ring is 1. The van der Waals surface area contributed by atoms with Crippen LogP contribution in [0.15, 0.2) is 66.9 Å². The number of hydrogen-bond donors (Lipinski definition) is 3. The summed E-state index contributed by atoms with van der Waals surface area (Å²) in [6.07, 6.45) is 1.62. The predicted molar refractivity (Wildman–Crippen MR) is 94.0 cm³/mol. The Morgan fingerprint density at radius 3 is 1.96 bits per heavy atom. The average molecular weight is 305 g/mol. The van der Waals surface area contributed by atoms with E-state index in [0.717, 1.165) is 0 Å². The number of aromatic nitrogens is 2. The molecule has 1 aromatic heterocycles. The summed E-state index contributed by atoms with van der Waals surface area (Å²) in [5.74, 6) is 1.19. The van der Waals surface area contributed by atoms with E-state index >= 15 is 0 Å². The minimum Gasteiger partial charge on any atom is -0.394 e. The van der Waals surface area contributed by atoms with Gasteiger partial charge in [0.05, 0.1) is 11.9 Å². The molecule has 0 atom stereocenters. The zero-order valence-corrected chi connectivity index (χ0v) is 12.7. The van der Waals surface area contributed by atoms with Crippen molar-refractivity contribution < 1.29 is 0 Å². The monoisotopic (exact) mass is 305 g/mol. The Morgan fingerprint density at radius 2 is 1.35 bits per heavy atom. The number of benzene rings is 2. The summed E-state index contributed by atoms with van der Waals surface area (Å²) in [7, 11) is 0. The van der Waals surface area contributed by atoms with Crippen molar-refractivity contribution in [2.75, 3.05) is 16.4 Å². The average Bonchev–Trinajstić information content (AvgIpc) is 2.62. The summed E-state index contributed by atoms with van der Waals surface area (Å²) in [6, 6.07) is 20.2. The van der Waals surface area contributed by atoms with E-state index in [4.69, 9.17) is 5.73 Å². The highest BCUT2D eigenvalue weighted by molar-refractivity contribution is 5.61. The van der Waals surface area contributed by atoms with Gasteiger partial charge in [0.1, 0.15) is 0 Å². The molecular formula is C18H19N5. The maximum atomic E-state index is 5.95. The number of hydrogen-bond acceptors (Lipinski definition) is 5. The van der Waals surface area contributed by atoms with Gasteiger partial charge < -0.3 is 16.4 Å². The van der Waals surface area contributed by atoms with Gasteiger partial charge in [-0.15, -0.1) is 0 Å². The summed E-state index contributed by atoms with van der Waals surface area (Å²) in [5.41, 5.74) is 8.82.